The third-order valence-corrected chi connectivity index (χ3v) is 9.70. The van der Waals surface area contributed by atoms with Crippen LogP contribution in [0.5, 0.6) is 0 Å². The zero-order valence-electron chi connectivity index (χ0n) is 22.5. The molecule has 0 aliphatic heterocycles. The number of anilines is 2. The summed E-state index contributed by atoms with van der Waals surface area (Å²) >= 11 is 2.79. The first kappa shape index (κ1) is 28.0. The molecule has 3 aromatic rings. The molecule has 0 aromatic carbocycles. The third-order valence-electron chi connectivity index (χ3n) is 7.29. The van der Waals surface area contributed by atoms with E-state index in [0.29, 0.717) is 21.1 Å². The molecule has 2 aliphatic rings. The number of aromatic nitrogens is 1. The number of nitrogens with one attached hydrogen (secondary N) is 2. The molecule has 0 fully saturated rings. The predicted molar refractivity (Wildman–Crippen MR) is 154 cm³/mol. The highest BCUT2D eigenvalue weighted by atomic mass is 32.1. The van der Waals surface area contributed by atoms with Crippen LogP contribution >= 0.6 is 22.7 Å². The highest BCUT2D eigenvalue weighted by Crippen LogP contribution is 2.39. The Bertz CT molecular complexity index is 1370. The highest BCUT2D eigenvalue weighted by molar-refractivity contribution is 7.17. The molecule has 210 valence electrons. The number of methoxy groups -OCH3 is 2. The molecule has 5 rings (SSSR count). The molecule has 9 nitrogen and oxygen atoms in total. The molecule has 2 amide bonds. The van der Waals surface area contributed by atoms with Gasteiger partial charge in [-0.25, -0.2) is 14.6 Å². The van der Waals surface area contributed by atoms with Crippen molar-refractivity contribution in [2.45, 2.75) is 64.2 Å². The Labute approximate surface area is 240 Å². The van der Waals surface area contributed by atoms with Crippen molar-refractivity contribution in [1.29, 1.82) is 0 Å². The van der Waals surface area contributed by atoms with E-state index in [2.05, 4.69) is 15.6 Å². The lowest BCUT2D eigenvalue weighted by atomic mass is 10.1. The maximum Gasteiger partial charge on any atom is 0.341 e. The average molecular weight is 582 g/mol. The smallest absolute Gasteiger partial charge is 0.341 e. The number of carbonyl (C=O) groups is 4. The van der Waals surface area contributed by atoms with E-state index in [-0.39, 0.29) is 11.4 Å². The number of nitrogens with zero attached hydrogens (tertiary/aromatic N) is 1. The van der Waals surface area contributed by atoms with Crippen molar-refractivity contribution in [2.75, 3.05) is 24.9 Å². The van der Waals surface area contributed by atoms with Crippen molar-refractivity contribution in [3.8, 4) is 0 Å². The number of esters is 2. The van der Waals surface area contributed by atoms with Gasteiger partial charge in [0.1, 0.15) is 21.4 Å². The van der Waals surface area contributed by atoms with Gasteiger partial charge in [-0.2, -0.15) is 0 Å². The number of hydrogen-bond donors (Lipinski definition) is 2. The summed E-state index contributed by atoms with van der Waals surface area (Å²) in [6.07, 6.45) is 9.45. The molecule has 0 radical (unpaired) electrons. The minimum absolute atomic E-state index is 0.0298. The van der Waals surface area contributed by atoms with E-state index in [1.54, 1.807) is 6.07 Å². The van der Waals surface area contributed by atoms with Crippen molar-refractivity contribution in [3.63, 3.8) is 0 Å². The van der Waals surface area contributed by atoms with Gasteiger partial charge in [-0.3, -0.25) is 9.59 Å². The molecular formula is C29H31N3O6S2. The van der Waals surface area contributed by atoms with Crippen LogP contribution in [-0.2, 0) is 35.2 Å². The number of rotatable bonds is 6. The van der Waals surface area contributed by atoms with Gasteiger partial charge in [0.05, 0.1) is 25.3 Å². The SMILES string of the molecule is COC(=O)c1c(NC(=O)c2cccc(C(=O)Nc3sc4c(c3C(=O)OC)CCCCC4)n2)sc2c1CCCCC2. The van der Waals surface area contributed by atoms with E-state index in [0.717, 1.165) is 85.1 Å². The number of thiophene rings is 2. The molecule has 3 aromatic heterocycles. The Morgan fingerprint density at radius 2 is 1.10 bits per heavy atom. The summed E-state index contributed by atoms with van der Waals surface area (Å²) in [5.41, 5.74) is 2.76. The fraction of sp³-hybridized carbons (Fsp3) is 0.414. The van der Waals surface area contributed by atoms with Gasteiger partial charge in [0.15, 0.2) is 0 Å². The van der Waals surface area contributed by atoms with Crippen LogP contribution in [-0.4, -0.2) is 43.0 Å². The van der Waals surface area contributed by atoms with Gasteiger partial charge in [0.2, 0.25) is 0 Å². The molecule has 0 bridgehead atoms. The summed E-state index contributed by atoms with van der Waals surface area (Å²) < 4.78 is 10.0. The Morgan fingerprint density at radius 3 is 1.52 bits per heavy atom. The maximum absolute atomic E-state index is 13.2. The highest BCUT2D eigenvalue weighted by Gasteiger charge is 2.28. The largest absolute Gasteiger partial charge is 0.465 e. The number of amides is 2. The van der Waals surface area contributed by atoms with E-state index in [4.69, 9.17) is 9.47 Å². The monoisotopic (exact) mass is 581 g/mol. The number of carbonyl (C=O) groups excluding carboxylic acids is 4. The standard InChI is InChI=1S/C29H31N3O6S2/c1-37-28(35)22-16-10-5-3-7-14-20(16)39-26(22)31-24(33)18-12-9-13-19(30-18)25(34)32-27-23(29(36)38-2)17-11-6-4-8-15-21(17)40-27/h9,12-13H,3-8,10-11,14-15H2,1-2H3,(H,31,33)(H,32,34). The lowest BCUT2D eigenvalue weighted by Crippen LogP contribution is -2.20. The molecule has 0 atom stereocenters. The second-order valence-corrected chi connectivity index (χ2v) is 12.0. The van der Waals surface area contributed by atoms with Gasteiger partial charge >= 0.3 is 11.9 Å². The summed E-state index contributed by atoms with van der Waals surface area (Å²) in [4.78, 5) is 58.2. The topological polar surface area (TPSA) is 124 Å². The van der Waals surface area contributed by atoms with Gasteiger partial charge in [-0.15, -0.1) is 22.7 Å². The zero-order valence-corrected chi connectivity index (χ0v) is 24.1. The molecule has 11 heteroatoms. The number of aryl methyl sites for hydroxylation is 2. The first-order chi connectivity index (χ1) is 19.4. The maximum atomic E-state index is 13.2. The first-order valence-electron chi connectivity index (χ1n) is 13.5. The van der Waals surface area contributed by atoms with Crippen LogP contribution < -0.4 is 10.6 Å². The lowest BCUT2D eigenvalue weighted by molar-refractivity contribution is 0.0592. The molecule has 3 heterocycles. The van der Waals surface area contributed by atoms with Crippen molar-refractivity contribution in [3.05, 3.63) is 61.6 Å². The molecule has 40 heavy (non-hydrogen) atoms. The molecule has 0 unspecified atom stereocenters. The van der Waals surface area contributed by atoms with Crippen molar-refractivity contribution < 1.29 is 28.7 Å². The van der Waals surface area contributed by atoms with Gasteiger partial charge in [0, 0.05) is 9.75 Å². The van der Waals surface area contributed by atoms with Crippen molar-refractivity contribution in [2.24, 2.45) is 0 Å². The summed E-state index contributed by atoms with van der Waals surface area (Å²) in [5, 5.41) is 6.53. The molecule has 2 aliphatic carbocycles. The van der Waals surface area contributed by atoms with Crippen LogP contribution in [0.25, 0.3) is 0 Å². The lowest BCUT2D eigenvalue weighted by Gasteiger charge is -2.09. The van der Waals surface area contributed by atoms with Gasteiger partial charge in [0.25, 0.3) is 11.8 Å². The Kier molecular flexibility index (Phi) is 8.60. The number of fused-ring (bicyclic) bond motifs is 2. The Morgan fingerprint density at radius 1 is 0.675 bits per heavy atom. The molecule has 0 saturated carbocycles. The summed E-state index contributed by atoms with van der Waals surface area (Å²) in [7, 11) is 2.66. The van der Waals surface area contributed by atoms with Crippen molar-refractivity contribution in [1.82, 2.24) is 4.98 Å². The Hall–Kier alpha value is -3.57. The fourth-order valence-electron chi connectivity index (χ4n) is 5.32. The van der Waals surface area contributed by atoms with E-state index >= 15 is 0 Å². The number of hydrogen-bond acceptors (Lipinski definition) is 9. The molecule has 0 saturated heterocycles. The predicted octanol–water partition coefficient (Wildman–Crippen LogP) is 5.82. The summed E-state index contributed by atoms with van der Waals surface area (Å²) in [6, 6.07) is 4.60. The van der Waals surface area contributed by atoms with E-state index in [1.165, 1.54) is 49.0 Å². The summed E-state index contributed by atoms with van der Waals surface area (Å²) in [6.45, 7) is 0. The van der Waals surface area contributed by atoms with Crippen LogP contribution in [0.2, 0.25) is 0 Å². The second kappa shape index (κ2) is 12.3. The first-order valence-corrected chi connectivity index (χ1v) is 15.1. The van der Waals surface area contributed by atoms with Gasteiger partial charge < -0.3 is 20.1 Å². The average Bonchev–Trinajstić information content (AvgIpc) is 3.25. The van der Waals surface area contributed by atoms with Crippen LogP contribution in [0, 0.1) is 0 Å². The minimum atomic E-state index is -0.533. The molecule has 2 N–H and O–H groups in total. The minimum Gasteiger partial charge on any atom is -0.465 e. The van der Waals surface area contributed by atoms with Crippen LogP contribution in [0.15, 0.2) is 18.2 Å². The van der Waals surface area contributed by atoms with E-state index < -0.39 is 23.8 Å². The fourth-order valence-corrected chi connectivity index (χ4v) is 7.86. The van der Waals surface area contributed by atoms with Crippen molar-refractivity contribution >= 4 is 56.4 Å². The van der Waals surface area contributed by atoms with Crippen LogP contribution in [0.4, 0.5) is 10.0 Å². The zero-order chi connectivity index (χ0) is 28.2. The van der Waals surface area contributed by atoms with Crippen LogP contribution in [0.3, 0.4) is 0 Å². The quantitative estimate of drug-likeness (QED) is 0.278. The molecule has 0 spiro atoms. The number of pyridine rings is 1. The Balaban J connectivity index is 1.38. The van der Waals surface area contributed by atoms with E-state index in [9.17, 15) is 19.2 Å². The van der Waals surface area contributed by atoms with Gasteiger partial charge in [-0.05, 0) is 74.6 Å². The third kappa shape index (κ3) is 5.66. The normalized spacial score (nSPS) is 14.7. The van der Waals surface area contributed by atoms with Gasteiger partial charge in [-0.1, -0.05) is 18.9 Å². The second-order valence-electron chi connectivity index (χ2n) is 9.84. The number of ether oxygens (including phenoxy) is 2. The van der Waals surface area contributed by atoms with E-state index in [1.807, 2.05) is 0 Å². The summed E-state index contributed by atoms with van der Waals surface area (Å²) in [5.74, 6) is -2.03. The van der Waals surface area contributed by atoms with Crippen LogP contribution in [0.1, 0.15) is 101 Å². The molecular weight excluding hydrogens is 550 g/mol.